The molecule has 1 amide bonds. The van der Waals surface area contributed by atoms with Crippen molar-refractivity contribution in [2.45, 2.75) is 25.4 Å². The van der Waals surface area contributed by atoms with Gasteiger partial charge in [-0.1, -0.05) is 24.3 Å². The zero-order valence-electron chi connectivity index (χ0n) is 15.6. The number of carbonyl (C=O) groups is 1. The average molecular weight is 377 g/mol. The highest BCUT2D eigenvalue weighted by atomic mass is 16.6. The van der Waals surface area contributed by atoms with Gasteiger partial charge in [0.1, 0.15) is 5.75 Å². The topological polar surface area (TPSA) is 67.6 Å². The van der Waals surface area contributed by atoms with Crippen LogP contribution in [0.2, 0.25) is 0 Å². The van der Waals surface area contributed by atoms with Crippen LogP contribution in [0.4, 0.5) is 0 Å². The lowest BCUT2D eigenvalue weighted by molar-refractivity contribution is 0.0867. The Kier molecular flexibility index (Phi) is 5.68. The second-order valence-electron chi connectivity index (χ2n) is 6.90. The number of furan rings is 1. The summed E-state index contributed by atoms with van der Waals surface area (Å²) in [5.74, 6) is 1.01. The van der Waals surface area contributed by atoms with Crippen molar-refractivity contribution < 1.29 is 13.9 Å². The molecule has 1 aromatic carbocycles. The van der Waals surface area contributed by atoms with Gasteiger partial charge in [-0.25, -0.2) is 0 Å². The number of rotatable bonds is 6. The summed E-state index contributed by atoms with van der Waals surface area (Å²) in [5, 5.41) is 3.08. The molecule has 0 saturated carbocycles. The van der Waals surface area contributed by atoms with Crippen molar-refractivity contribution >= 4 is 5.91 Å². The van der Waals surface area contributed by atoms with E-state index in [1.807, 2.05) is 54.7 Å². The van der Waals surface area contributed by atoms with Crippen LogP contribution in [0.1, 0.15) is 29.1 Å². The molecule has 3 heterocycles. The van der Waals surface area contributed by atoms with Gasteiger partial charge in [-0.3, -0.25) is 14.7 Å². The first-order chi connectivity index (χ1) is 13.8. The smallest absolute Gasteiger partial charge is 0.290 e. The van der Waals surface area contributed by atoms with E-state index in [1.54, 1.807) is 12.1 Å². The molecule has 0 spiro atoms. The Bertz CT molecular complexity index is 896. The molecule has 2 aromatic heterocycles. The minimum absolute atomic E-state index is 0.0913. The third kappa shape index (κ3) is 4.78. The fourth-order valence-corrected chi connectivity index (χ4v) is 3.40. The van der Waals surface area contributed by atoms with Gasteiger partial charge in [0.05, 0.1) is 5.69 Å². The van der Waals surface area contributed by atoms with Crippen molar-refractivity contribution in [2.24, 2.45) is 0 Å². The van der Waals surface area contributed by atoms with Crippen molar-refractivity contribution in [3.63, 3.8) is 0 Å². The molecule has 28 heavy (non-hydrogen) atoms. The van der Waals surface area contributed by atoms with Crippen LogP contribution in [0.25, 0.3) is 0 Å². The minimum atomic E-state index is -0.215. The van der Waals surface area contributed by atoms with Crippen LogP contribution in [0.15, 0.2) is 71.3 Å². The molecule has 1 fully saturated rings. The summed E-state index contributed by atoms with van der Waals surface area (Å²) in [4.78, 5) is 19.3. The highest BCUT2D eigenvalue weighted by Crippen LogP contribution is 2.23. The zero-order valence-corrected chi connectivity index (χ0v) is 15.6. The average Bonchev–Trinajstić information content (AvgIpc) is 3.18. The lowest BCUT2D eigenvalue weighted by Crippen LogP contribution is -2.47. The minimum Gasteiger partial charge on any atom is -0.426 e. The number of nitrogens with zero attached hydrogens (tertiary/aromatic N) is 2. The molecule has 1 aliphatic heterocycles. The zero-order chi connectivity index (χ0) is 19.2. The van der Waals surface area contributed by atoms with Crippen LogP contribution in [-0.2, 0) is 6.54 Å². The maximum atomic E-state index is 12.6. The van der Waals surface area contributed by atoms with Crippen molar-refractivity contribution in [2.75, 3.05) is 13.1 Å². The molecule has 6 heteroatoms. The molecule has 1 saturated heterocycles. The Morgan fingerprint density at radius 3 is 2.82 bits per heavy atom. The first-order valence-corrected chi connectivity index (χ1v) is 9.52. The number of aromatic nitrogens is 1. The molecule has 1 atom stereocenters. The van der Waals surface area contributed by atoms with E-state index in [4.69, 9.17) is 9.15 Å². The first-order valence-electron chi connectivity index (χ1n) is 9.52. The summed E-state index contributed by atoms with van der Waals surface area (Å²) in [6.07, 6.45) is 3.81. The fourth-order valence-electron chi connectivity index (χ4n) is 3.40. The quantitative estimate of drug-likeness (QED) is 0.706. The molecule has 3 aromatic rings. The van der Waals surface area contributed by atoms with E-state index in [0.29, 0.717) is 11.7 Å². The second-order valence-corrected chi connectivity index (χ2v) is 6.90. The number of ether oxygens (including phenoxy) is 1. The Morgan fingerprint density at radius 2 is 2.00 bits per heavy atom. The van der Waals surface area contributed by atoms with Gasteiger partial charge >= 0.3 is 0 Å². The van der Waals surface area contributed by atoms with Crippen molar-refractivity contribution in [1.82, 2.24) is 15.2 Å². The first kappa shape index (κ1) is 18.3. The van der Waals surface area contributed by atoms with Crippen LogP contribution in [-0.4, -0.2) is 34.9 Å². The van der Waals surface area contributed by atoms with Gasteiger partial charge in [0.2, 0.25) is 0 Å². The number of hydrogen-bond acceptors (Lipinski definition) is 5. The molecule has 6 nitrogen and oxygen atoms in total. The molecule has 0 bridgehead atoms. The fraction of sp³-hybridized carbons (Fsp3) is 0.273. The number of hydrogen-bond donors (Lipinski definition) is 1. The van der Waals surface area contributed by atoms with E-state index in [1.165, 1.54) is 0 Å². The molecule has 1 N–H and O–H groups in total. The number of piperidine rings is 1. The highest BCUT2D eigenvalue weighted by Gasteiger charge is 2.23. The number of carbonyl (C=O) groups excluding carboxylic acids is 1. The predicted octanol–water partition coefficient (Wildman–Crippen LogP) is 3.86. The summed E-state index contributed by atoms with van der Waals surface area (Å²) >= 11 is 0. The number of benzene rings is 1. The second kappa shape index (κ2) is 8.71. The van der Waals surface area contributed by atoms with Crippen LogP contribution in [0, 0.1) is 0 Å². The van der Waals surface area contributed by atoms with Crippen LogP contribution >= 0.6 is 0 Å². The molecule has 1 aliphatic rings. The molecule has 144 valence electrons. The molecule has 0 aliphatic carbocycles. The van der Waals surface area contributed by atoms with E-state index < -0.39 is 0 Å². The normalized spacial score (nSPS) is 17.2. The van der Waals surface area contributed by atoms with Gasteiger partial charge < -0.3 is 14.5 Å². The van der Waals surface area contributed by atoms with Gasteiger partial charge in [-0.05, 0) is 49.7 Å². The van der Waals surface area contributed by atoms with Crippen molar-refractivity contribution in [1.29, 1.82) is 0 Å². The lowest BCUT2D eigenvalue weighted by Gasteiger charge is -2.32. The monoisotopic (exact) mass is 377 g/mol. The van der Waals surface area contributed by atoms with Gasteiger partial charge in [0.25, 0.3) is 11.9 Å². The van der Waals surface area contributed by atoms with Gasteiger partial charge in [-0.15, -0.1) is 0 Å². The molecule has 1 unspecified atom stereocenters. The summed E-state index contributed by atoms with van der Waals surface area (Å²) < 4.78 is 11.2. The third-order valence-electron chi connectivity index (χ3n) is 4.72. The molecule has 0 radical (unpaired) electrons. The van der Waals surface area contributed by atoms with Gasteiger partial charge in [0, 0.05) is 31.4 Å². The number of nitrogens with one attached hydrogen (secondary N) is 1. The number of para-hydroxylation sites is 1. The standard InChI is InChI=1S/C22H23N3O3/c26-22(20-11-12-21(28-20)27-19-9-2-1-3-10-19)24-18-8-6-14-25(16-18)15-17-7-4-5-13-23-17/h1-5,7,9-13,18H,6,8,14-16H2,(H,24,26). The van der Waals surface area contributed by atoms with E-state index in [2.05, 4.69) is 15.2 Å². The Hall–Kier alpha value is -3.12. The SMILES string of the molecule is O=C(NC1CCCN(Cc2ccccn2)C1)c1ccc(Oc2ccccc2)o1. The number of likely N-dealkylation sites (tertiary alicyclic amines) is 1. The van der Waals surface area contributed by atoms with E-state index in [9.17, 15) is 4.79 Å². The Balaban J connectivity index is 1.32. The summed E-state index contributed by atoms with van der Waals surface area (Å²) in [7, 11) is 0. The number of pyridine rings is 1. The molecule has 4 rings (SSSR count). The molecular weight excluding hydrogens is 354 g/mol. The lowest BCUT2D eigenvalue weighted by atomic mass is 10.1. The van der Waals surface area contributed by atoms with E-state index in [-0.39, 0.29) is 17.7 Å². The summed E-state index contributed by atoms with van der Waals surface area (Å²) in [6.45, 7) is 2.61. The predicted molar refractivity (Wildman–Crippen MR) is 105 cm³/mol. The van der Waals surface area contributed by atoms with Crippen LogP contribution < -0.4 is 10.1 Å². The Morgan fingerprint density at radius 1 is 1.14 bits per heavy atom. The van der Waals surface area contributed by atoms with Crippen LogP contribution in [0.5, 0.6) is 11.7 Å². The summed E-state index contributed by atoms with van der Waals surface area (Å²) in [5.41, 5.74) is 1.04. The van der Waals surface area contributed by atoms with E-state index >= 15 is 0 Å². The van der Waals surface area contributed by atoms with Crippen LogP contribution in [0.3, 0.4) is 0 Å². The van der Waals surface area contributed by atoms with Crippen molar-refractivity contribution in [3.8, 4) is 11.7 Å². The van der Waals surface area contributed by atoms with Crippen molar-refractivity contribution in [3.05, 3.63) is 78.3 Å². The molecular formula is C22H23N3O3. The third-order valence-corrected chi connectivity index (χ3v) is 4.72. The number of amides is 1. The maximum Gasteiger partial charge on any atom is 0.290 e. The van der Waals surface area contributed by atoms with E-state index in [0.717, 1.165) is 38.2 Å². The van der Waals surface area contributed by atoms with Gasteiger partial charge in [0.15, 0.2) is 5.76 Å². The summed E-state index contributed by atoms with van der Waals surface area (Å²) in [6, 6.07) is 18.7. The maximum absolute atomic E-state index is 12.6. The largest absolute Gasteiger partial charge is 0.426 e. The van der Waals surface area contributed by atoms with Gasteiger partial charge in [-0.2, -0.15) is 0 Å². The Labute approximate surface area is 164 Å². The highest BCUT2D eigenvalue weighted by molar-refractivity contribution is 5.91.